The van der Waals surface area contributed by atoms with Gasteiger partial charge in [-0.05, 0) is 42.1 Å². The first-order valence-corrected chi connectivity index (χ1v) is 12.2. The summed E-state index contributed by atoms with van der Waals surface area (Å²) < 4.78 is 13.7. The summed E-state index contributed by atoms with van der Waals surface area (Å²) in [4.78, 5) is 17.5. The van der Waals surface area contributed by atoms with Crippen LogP contribution >= 0.6 is 0 Å². The van der Waals surface area contributed by atoms with Crippen molar-refractivity contribution in [3.8, 4) is 11.5 Å². The zero-order valence-corrected chi connectivity index (χ0v) is 20.3. The Labute approximate surface area is 210 Å². The summed E-state index contributed by atoms with van der Waals surface area (Å²) in [6.07, 6.45) is 1.46. The van der Waals surface area contributed by atoms with Crippen LogP contribution in [0.3, 0.4) is 0 Å². The lowest BCUT2D eigenvalue weighted by Gasteiger charge is -2.12. The van der Waals surface area contributed by atoms with Crippen molar-refractivity contribution in [3.63, 3.8) is 0 Å². The van der Waals surface area contributed by atoms with Gasteiger partial charge >= 0.3 is 0 Å². The van der Waals surface area contributed by atoms with E-state index in [0.29, 0.717) is 30.9 Å². The van der Waals surface area contributed by atoms with Gasteiger partial charge in [0.05, 0.1) is 30.3 Å². The lowest BCUT2D eigenvalue weighted by molar-refractivity contribution is 0.0951. The molecule has 0 unspecified atom stereocenters. The third kappa shape index (κ3) is 5.03. The largest absolute Gasteiger partial charge is 0.496 e. The number of amides is 1. The fourth-order valence-electron chi connectivity index (χ4n) is 4.51. The second-order valence-corrected chi connectivity index (χ2v) is 8.55. The lowest BCUT2D eigenvalue weighted by atomic mass is 10.1. The summed E-state index contributed by atoms with van der Waals surface area (Å²) in [7, 11) is 1.57. The van der Waals surface area contributed by atoms with E-state index in [1.807, 2.05) is 54.6 Å². The molecule has 0 saturated carbocycles. The Morgan fingerprint density at radius 1 is 0.889 bits per heavy atom. The minimum atomic E-state index is -0.154. The Hall–Kier alpha value is -4.32. The fraction of sp³-hybridized carbons (Fsp3) is 0.200. The summed E-state index contributed by atoms with van der Waals surface area (Å²) in [5, 5.41) is 5.30. The molecule has 4 aromatic carbocycles. The van der Waals surface area contributed by atoms with Crippen LogP contribution in [0.2, 0.25) is 0 Å². The quantitative estimate of drug-likeness (QED) is 0.263. The second kappa shape index (κ2) is 11.0. The van der Waals surface area contributed by atoms with E-state index in [-0.39, 0.29) is 5.91 Å². The zero-order valence-electron chi connectivity index (χ0n) is 20.3. The zero-order chi connectivity index (χ0) is 24.7. The first-order valence-electron chi connectivity index (χ1n) is 12.2. The number of imidazole rings is 1. The van der Waals surface area contributed by atoms with E-state index in [4.69, 9.17) is 14.5 Å². The topological polar surface area (TPSA) is 65.4 Å². The Balaban J connectivity index is 1.24. The summed E-state index contributed by atoms with van der Waals surface area (Å²) >= 11 is 0. The first kappa shape index (κ1) is 23.4. The molecule has 6 nitrogen and oxygen atoms in total. The molecule has 0 saturated heterocycles. The van der Waals surface area contributed by atoms with Gasteiger partial charge in [-0.1, -0.05) is 60.7 Å². The van der Waals surface area contributed by atoms with Crippen LogP contribution in [0.15, 0.2) is 91.0 Å². The number of fused-ring (bicyclic) bond motifs is 2. The van der Waals surface area contributed by atoms with Gasteiger partial charge in [0.25, 0.3) is 5.91 Å². The van der Waals surface area contributed by atoms with Gasteiger partial charge < -0.3 is 19.4 Å². The van der Waals surface area contributed by atoms with Crippen LogP contribution < -0.4 is 14.8 Å². The van der Waals surface area contributed by atoms with Crippen LogP contribution in [0, 0.1) is 0 Å². The molecular formula is C30H29N3O3. The van der Waals surface area contributed by atoms with Crippen molar-refractivity contribution in [1.82, 2.24) is 14.9 Å². The molecule has 0 fully saturated rings. The Kier molecular flexibility index (Phi) is 7.12. The number of aryl methyl sites for hydroxylation is 1. The fourth-order valence-corrected chi connectivity index (χ4v) is 4.51. The van der Waals surface area contributed by atoms with Crippen molar-refractivity contribution >= 4 is 27.7 Å². The molecule has 1 N–H and O–H groups in total. The van der Waals surface area contributed by atoms with Gasteiger partial charge in [0.1, 0.15) is 17.3 Å². The number of nitrogens with zero attached hydrogens (tertiary/aromatic N) is 2. The molecule has 36 heavy (non-hydrogen) atoms. The van der Waals surface area contributed by atoms with E-state index in [1.165, 1.54) is 5.39 Å². The number of hydrogen-bond donors (Lipinski definition) is 1. The highest BCUT2D eigenvalue weighted by molar-refractivity contribution is 5.96. The van der Waals surface area contributed by atoms with Crippen molar-refractivity contribution in [2.75, 3.05) is 20.3 Å². The highest BCUT2D eigenvalue weighted by atomic mass is 16.5. The van der Waals surface area contributed by atoms with Gasteiger partial charge in [0.2, 0.25) is 0 Å². The molecule has 0 spiro atoms. The van der Waals surface area contributed by atoms with Crippen molar-refractivity contribution < 1.29 is 14.3 Å². The molecule has 0 radical (unpaired) electrons. The summed E-state index contributed by atoms with van der Waals surface area (Å²) in [6.45, 7) is 1.86. The van der Waals surface area contributed by atoms with Crippen molar-refractivity contribution in [2.45, 2.75) is 19.4 Å². The highest BCUT2D eigenvalue weighted by Gasteiger charge is 2.13. The molecule has 1 aromatic heterocycles. The minimum Gasteiger partial charge on any atom is -0.496 e. The number of aromatic nitrogens is 2. The van der Waals surface area contributed by atoms with Gasteiger partial charge in [-0.3, -0.25) is 4.79 Å². The van der Waals surface area contributed by atoms with E-state index in [1.54, 1.807) is 19.2 Å². The van der Waals surface area contributed by atoms with E-state index < -0.39 is 0 Å². The maximum absolute atomic E-state index is 12.7. The van der Waals surface area contributed by atoms with Crippen molar-refractivity contribution in [3.05, 3.63) is 102 Å². The number of hydrogen-bond acceptors (Lipinski definition) is 4. The van der Waals surface area contributed by atoms with Crippen LogP contribution in [0.4, 0.5) is 0 Å². The SMILES string of the molecule is COc1ccccc1C(=O)NCCc1nc2ccccc2n1CCCOc1cccc2ccccc12. The lowest BCUT2D eigenvalue weighted by Crippen LogP contribution is -2.27. The predicted molar refractivity (Wildman–Crippen MR) is 143 cm³/mol. The molecule has 0 aliphatic carbocycles. The number of ether oxygens (including phenoxy) is 2. The molecule has 0 bridgehead atoms. The summed E-state index contributed by atoms with van der Waals surface area (Å²) in [6, 6.07) is 29.8. The molecule has 0 aliphatic heterocycles. The standard InChI is InChI=1S/C30H29N3O3/c1-35-27-16-7-4-13-24(27)30(34)31-19-18-29-32-25-14-5-6-15-26(25)33(29)20-9-21-36-28-17-8-11-22-10-2-3-12-23(22)28/h2-8,10-17H,9,18-21H2,1H3,(H,31,34). The van der Waals surface area contributed by atoms with Gasteiger partial charge in [-0.2, -0.15) is 0 Å². The number of carbonyl (C=O) groups is 1. The van der Waals surface area contributed by atoms with Crippen LogP contribution in [-0.4, -0.2) is 35.7 Å². The molecule has 5 aromatic rings. The average Bonchev–Trinajstić information content (AvgIpc) is 3.28. The van der Waals surface area contributed by atoms with Crippen LogP contribution in [0.5, 0.6) is 11.5 Å². The van der Waals surface area contributed by atoms with Crippen molar-refractivity contribution in [1.29, 1.82) is 0 Å². The van der Waals surface area contributed by atoms with Gasteiger partial charge in [-0.15, -0.1) is 0 Å². The normalized spacial score (nSPS) is 11.0. The van der Waals surface area contributed by atoms with E-state index in [9.17, 15) is 4.79 Å². The molecule has 6 heteroatoms. The third-order valence-corrected chi connectivity index (χ3v) is 6.25. The molecule has 182 valence electrons. The van der Waals surface area contributed by atoms with Crippen molar-refractivity contribution in [2.24, 2.45) is 0 Å². The van der Waals surface area contributed by atoms with Gasteiger partial charge in [0, 0.05) is 24.9 Å². The smallest absolute Gasteiger partial charge is 0.255 e. The molecule has 0 atom stereocenters. The van der Waals surface area contributed by atoms with E-state index in [0.717, 1.165) is 41.0 Å². The number of carbonyl (C=O) groups excluding carboxylic acids is 1. The number of nitrogens with one attached hydrogen (secondary N) is 1. The number of benzene rings is 4. The number of methoxy groups -OCH3 is 1. The Morgan fingerprint density at radius 2 is 1.64 bits per heavy atom. The summed E-state index contributed by atoms with van der Waals surface area (Å²) in [5.41, 5.74) is 2.58. The molecule has 5 rings (SSSR count). The molecule has 1 amide bonds. The van der Waals surface area contributed by atoms with Crippen LogP contribution in [0.1, 0.15) is 22.6 Å². The number of para-hydroxylation sites is 3. The van der Waals surface area contributed by atoms with Crippen LogP contribution in [-0.2, 0) is 13.0 Å². The Bertz CT molecular complexity index is 1490. The first-order chi connectivity index (χ1) is 17.7. The predicted octanol–water partition coefficient (Wildman–Crippen LogP) is 5.64. The molecule has 0 aliphatic rings. The maximum Gasteiger partial charge on any atom is 0.255 e. The monoisotopic (exact) mass is 479 g/mol. The minimum absolute atomic E-state index is 0.154. The molecule has 1 heterocycles. The van der Waals surface area contributed by atoms with E-state index in [2.05, 4.69) is 34.1 Å². The average molecular weight is 480 g/mol. The van der Waals surface area contributed by atoms with E-state index >= 15 is 0 Å². The maximum atomic E-state index is 12.7. The molecular weight excluding hydrogens is 450 g/mol. The second-order valence-electron chi connectivity index (χ2n) is 8.55. The Morgan fingerprint density at radius 3 is 2.56 bits per heavy atom. The third-order valence-electron chi connectivity index (χ3n) is 6.25. The highest BCUT2D eigenvalue weighted by Crippen LogP contribution is 2.25. The van der Waals surface area contributed by atoms with Gasteiger partial charge in [-0.25, -0.2) is 4.98 Å². The summed E-state index contributed by atoms with van der Waals surface area (Å²) in [5.74, 6) is 2.26. The number of rotatable bonds is 10. The van der Waals surface area contributed by atoms with Gasteiger partial charge in [0.15, 0.2) is 0 Å². The van der Waals surface area contributed by atoms with Crippen LogP contribution in [0.25, 0.3) is 21.8 Å².